The molecule has 2 aromatic carbocycles. The third kappa shape index (κ3) is 3.36. The number of fused-ring (bicyclic) bond motifs is 1. The number of aliphatic hydroxyl groups excluding tert-OH is 1. The van der Waals surface area contributed by atoms with Gasteiger partial charge in [0.15, 0.2) is 0 Å². The maximum absolute atomic E-state index is 10.6. The van der Waals surface area contributed by atoms with Crippen molar-refractivity contribution in [2.24, 2.45) is 7.05 Å². The summed E-state index contributed by atoms with van der Waals surface area (Å²) < 4.78 is 2.12. The van der Waals surface area contributed by atoms with Gasteiger partial charge in [0.2, 0.25) is 0 Å². The molecule has 4 heteroatoms. The van der Waals surface area contributed by atoms with Crippen molar-refractivity contribution in [3.05, 3.63) is 77.9 Å². The first-order chi connectivity index (χ1) is 12.2. The van der Waals surface area contributed by atoms with Gasteiger partial charge < -0.3 is 14.6 Å². The average Bonchev–Trinajstić information content (AvgIpc) is 3.03. The molecule has 1 aromatic heterocycles. The number of benzene rings is 2. The quantitative estimate of drug-likeness (QED) is 0.763. The van der Waals surface area contributed by atoms with E-state index >= 15 is 0 Å². The largest absolute Gasteiger partial charge is 0.382 e. The van der Waals surface area contributed by atoms with Gasteiger partial charge in [-0.05, 0) is 16.7 Å². The van der Waals surface area contributed by atoms with E-state index in [0.717, 1.165) is 31.6 Å². The first-order valence-electron chi connectivity index (χ1n) is 8.87. The van der Waals surface area contributed by atoms with Gasteiger partial charge in [-0.1, -0.05) is 54.6 Å². The number of aryl methyl sites for hydroxylation is 1. The van der Waals surface area contributed by atoms with Gasteiger partial charge in [0, 0.05) is 13.5 Å². The molecule has 1 aliphatic heterocycles. The molecule has 0 aliphatic carbocycles. The van der Waals surface area contributed by atoms with E-state index in [-0.39, 0.29) is 0 Å². The maximum atomic E-state index is 10.6. The molecule has 1 unspecified atom stereocenters. The van der Waals surface area contributed by atoms with Gasteiger partial charge in [0.1, 0.15) is 24.9 Å². The number of rotatable bonds is 4. The van der Waals surface area contributed by atoms with Crippen LogP contribution in [-0.2, 0) is 20.0 Å². The molecule has 0 amide bonds. The summed E-state index contributed by atoms with van der Waals surface area (Å²) in [5, 5.41) is 10.6. The Labute approximate surface area is 148 Å². The molecule has 0 fully saturated rings. The van der Waals surface area contributed by atoms with Crippen LogP contribution in [0.4, 0.5) is 0 Å². The predicted molar refractivity (Wildman–Crippen MR) is 98.2 cm³/mol. The fourth-order valence-corrected chi connectivity index (χ4v) is 3.69. The fraction of sp³-hybridized carbons (Fsp3) is 0.286. The monoisotopic (exact) mass is 334 g/mol. The van der Waals surface area contributed by atoms with Crippen LogP contribution >= 0.6 is 0 Å². The molecule has 25 heavy (non-hydrogen) atoms. The summed E-state index contributed by atoms with van der Waals surface area (Å²) >= 11 is 0. The third-order valence-electron chi connectivity index (χ3n) is 5.16. The Hall–Kier alpha value is -2.43. The molecule has 128 valence electrons. The second kappa shape index (κ2) is 6.82. The number of nitrogens with one attached hydrogen (secondary N) is 1. The first-order valence-corrected chi connectivity index (χ1v) is 8.87. The Kier molecular flexibility index (Phi) is 4.38. The number of quaternary nitrogens is 1. The highest BCUT2D eigenvalue weighted by Gasteiger charge is 2.25. The molecule has 2 N–H and O–H groups in total. The van der Waals surface area contributed by atoms with E-state index in [4.69, 9.17) is 0 Å². The molecule has 2 heterocycles. The van der Waals surface area contributed by atoms with Gasteiger partial charge in [-0.25, -0.2) is 4.98 Å². The van der Waals surface area contributed by atoms with Gasteiger partial charge in [-0.15, -0.1) is 0 Å². The van der Waals surface area contributed by atoms with Crippen LogP contribution in [0.15, 0.2) is 60.9 Å². The molecule has 0 saturated heterocycles. The standard InChI is InChI=1S/C21H23N3O/c1-23-15-22-19-13-24(12-11-20(19)23)14-21(25)18-9-7-17(8-10-18)16-5-3-2-4-6-16/h2-10,15,21,25H,11-14H2,1H3/p+1/t21-/m0/s1. The van der Waals surface area contributed by atoms with Crippen LogP contribution in [0.3, 0.4) is 0 Å². The number of imidazole rings is 1. The van der Waals surface area contributed by atoms with Crippen molar-refractivity contribution >= 4 is 0 Å². The van der Waals surface area contributed by atoms with E-state index < -0.39 is 6.10 Å². The zero-order chi connectivity index (χ0) is 17.2. The van der Waals surface area contributed by atoms with Crippen LogP contribution < -0.4 is 4.90 Å². The Balaban J connectivity index is 1.42. The normalized spacial score (nSPS) is 17.9. The third-order valence-corrected chi connectivity index (χ3v) is 5.16. The molecule has 0 bridgehead atoms. The highest BCUT2D eigenvalue weighted by molar-refractivity contribution is 5.63. The number of aliphatic hydroxyl groups is 1. The zero-order valence-electron chi connectivity index (χ0n) is 14.5. The van der Waals surface area contributed by atoms with Crippen molar-refractivity contribution in [2.75, 3.05) is 13.1 Å². The lowest BCUT2D eigenvalue weighted by atomic mass is 10.0. The summed E-state index contributed by atoms with van der Waals surface area (Å²) in [6.07, 6.45) is 2.48. The zero-order valence-corrected chi connectivity index (χ0v) is 14.5. The van der Waals surface area contributed by atoms with Crippen molar-refractivity contribution in [3.63, 3.8) is 0 Å². The topological polar surface area (TPSA) is 42.5 Å². The first kappa shape index (κ1) is 16.1. The lowest BCUT2D eigenvalue weighted by molar-refractivity contribution is -0.920. The van der Waals surface area contributed by atoms with Crippen molar-refractivity contribution in [2.45, 2.75) is 19.1 Å². The Morgan fingerprint density at radius 3 is 2.56 bits per heavy atom. The Bertz CT molecular complexity index is 839. The molecule has 0 saturated carbocycles. The molecule has 1 aliphatic rings. The van der Waals surface area contributed by atoms with Gasteiger partial charge in [-0.3, -0.25) is 0 Å². The summed E-state index contributed by atoms with van der Waals surface area (Å²) in [6.45, 7) is 2.67. The molecule has 0 spiro atoms. The smallest absolute Gasteiger partial charge is 0.128 e. The van der Waals surface area contributed by atoms with Gasteiger partial charge in [0.25, 0.3) is 0 Å². The average molecular weight is 334 g/mol. The van der Waals surface area contributed by atoms with Crippen LogP contribution in [0.5, 0.6) is 0 Å². The number of aromatic nitrogens is 2. The van der Waals surface area contributed by atoms with Crippen molar-refractivity contribution in [1.82, 2.24) is 9.55 Å². The summed E-state index contributed by atoms with van der Waals surface area (Å²) in [5.74, 6) is 0. The van der Waals surface area contributed by atoms with E-state index in [1.165, 1.54) is 27.4 Å². The fourth-order valence-electron chi connectivity index (χ4n) is 3.69. The van der Waals surface area contributed by atoms with Gasteiger partial charge in [0.05, 0.1) is 18.6 Å². The molecular weight excluding hydrogens is 310 g/mol. The minimum Gasteiger partial charge on any atom is -0.382 e. The summed E-state index contributed by atoms with van der Waals surface area (Å²) in [5.41, 5.74) is 5.88. The van der Waals surface area contributed by atoms with E-state index in [0.29, 0.717) is 0 Å². The number of nitrogens with zero attached hydrogens (tertiary/aromatic N) is 2. The van der Waals surface area contributed by atoms with Crippen LogP contribution in [0.2, 0.25) is 0 Å². The summed E-state index contributed by atoms with van der Waals surface area (Å²) in [4.78, 5) is 5.89. The highest BCUT2D eigenvalue weighted by atomic mass is 16.3. The SMILES string of the molecule is Cn1cnc2c1CC[NH+](C[C@H](O)c1ccc(-c3ccccc3)cc1)C2. The van der Waals surface area contributed by atoms with Crippen molar-refractivity contribution in [1.29, 1.82) is 0 Å². The van der Waals surface area contributed by atoms with Crippen LogP contribution in [0.1, 0.15) is 23.1 Å². The van der Waals surface area contributed by atoms with Crippen LogP contribution in [0, 0.1) is 0 Å². The summed E-state index contributed by atoms with van der Waals surface area (Å²) in [6, 6.07) is 18.6. The molecular formula is C21H24N3O+. The Morgan fingerprint density at radius 1 is 1.08 bits per heavy atom. The molecule has 2 atom stereocenters. The molecule has 4 nitrogen and oxygen atoms in total. The lowest BCUT2D eigenvalue weighted by Gasteiger charge is -2.26. The predicted octanol–water partition coefficient (Wildman–Crippen LogP) is 1.76. The van der Waals surface area contributed by atoms with E-state index in [1.54, 1.807) is 0 Å². The second-order valence-electron chi connectivity index (χ2n) is 6.88. The minimum absolute atomic E-state index is 0.440. The summed E-state index contributed by atoms with van der Waals surface area (Å²) in [7, 11) is 2.06. The van der Waals surface area contributed by atoms with Gasteiger partial charge >= 0.3 is 0 Å². The number of hydrogen-bond donors (Lipinski definition) is 2. The van der Waals surface area contributed by atoms with E-state index in [2.05, 4.69) is 40.9 Å². The maximum Gasteiger partial charge on any atom is 0.128 e. The van der Waals surface area contributed by atoms with E-state index in [9.17, 15) is 5.11 Å². The minimum atomic E-state index is -0.440. The second-order valence-corrected chi connectivity index (χ2v) is 6.88. The van der Waals surface area contributed by atoms with Crippen molar-refractivity contribution < 1.29 is 10.0 Å². The molecule has 3 aromatic rings. The van der Waals surface area contributed by atoms with Gasteiger partial charge in [-0.2, -0.15) is 0 Å². The molecule has 4 rings (SSSR count). The van der Waals surface area contributed by atoms with E-state index in [1.807, 2.05) is 36.7 Å². The van der Waals surface area contributed by atoms with Crippen LogP contribution in [0.25, 0.3) is 11.1 Å². The van der Waals surface area contributed by atoms with Crippen LogP contribution in [-0.4, -0.2) is 27.7 Å². The lowest BCUT2D eigenvalue weighted by Crippen LogP contribution is -3.12. The van der Waals surface area contributed by atoms with Crippen molar-refractivity contribution in [3.8, 4) is 11.1 Å². The highest BCUT2D eigenvalue weighted by Crippen LogP contribution is 2.21. The Morgan fingerprint density at radius 2 is 1.80 bits per heavy atom. The number of hydrogen-bond acceptors (Lipinski definition) is 2. The molecule has 0 radical (unpaired) electrons.